The van der Waals surface area contributed by atoms with Gasteiger partial charge in [0, 0.05) is 12.8 Å². The van der Waals surface area contributed by atoms with Gasteiger partial charge in [0.1, 0.15) is 5.78 Å². The molecule has 0 aromatic carbocycles. The molecule has 2 heteroatoms. The van der Waals surface area contributed by atoms with E-state index in [1.165, 1.54) is 89.9 Å². The van der Waals surface area contributed by atoms with Crippen LogP contribution < -0.4 is 0 Å². The molecule has 3 saturated carbocycles. The van der Waals surface area contributed by atoms with Gasteiger partial charge < -0.3 is 5.11 Å². The number of carbonyl (C=O) groups is 1. The molecule has 1 unspecified atom stereocenters. The predicted molar refractivity (Wildman–Crippen MR) is 161 cm³/mol. The summed E-state index contributed by atoms with van der Waals surface area (Å²) >= 11 is 0. The average molecular weight is 527 g/mol. The van der Waals surface area contributed by atoms with Crippen molar-refractivity contribution in [2.24, 2.45) is 46.3 Å². The Morgan fingerprint density at radius 2 is 1.71 bits per heavy atom. The number of fused-ring (bicyclic) bond motifs is 5. The SMILES string of the molecule is CCCCCCCCC(=O)CC(C)CCC[C@@H](C)[C@H]1CC[C@H]2[C@@H]3CC=C4C[C@@H](O)CC[C@]4(C)[C@H]3CC[C@]12C. The van der Waals surface area contributed by atoms with Gasteiger partial charge in [0.05, 0.1) is 6.10 Å². The van der Waals surface area contributed by atoms with Crippen molar-refractivity contribution >= 4 is 5.78 Å². The lowest BCUT2D eigenvalue weighted by Crippen LogP contribution is -2.50. The largest absolute Gasteiger partial charge is 0.393 e. The Balaban J connectivity index is 1.22. The second-order valence-electron chi connectivity index (χ2n) is 15.2. The Kier molecular flexibility index (Phi) is 10.7. The molecule has 0 amide bonds. The summed E-state index contributed by atoms with van der Waals surface area (Å²) in [5.74, 6) is 5.36. The smallest absolute Gasteiger partial charge is 0.133 e. The molecule has 0 bridgehead atoms. The van der Waals surface area contributed by atoms with Crippen molar-refractivity contribution in [2.75, 3.05) is 0 Å². The van der Waals surface area contributed by atoms with Crippen molar-refractivity contribution in [3.8, 4) is 0 Å². The van der Waals surface area contributed by atoms with Crippen LogP contribution in [0.3, 0.4) is 0 Å². The summed E-state index contributed by atoms with van der Waals surface area (Å²) in [6.45, 7) is 12.4. The van der Waals surface area contributed by atoms with Gasteiger partial charge in [-0.3, -0.25) is 4.79 Å². The number of hydrogen-bond donors (Lipinski definition) is 1. The number of hydrogen-bond acceptors (Lipinski definition) is 2. The van der Waals surface area contributed by atoms with E-state index in [9.17, 15) is 9.90 Å². The molecule has 0 aromatic heterocycles. The maximum absolute atomic E-state index is 12.5. The van der Waals surface area contributed by atoms with Gasteiger partial charge in [-0.25, -0.2) is 0 Å². The van der Waals surface area contributed by atoms with E-state index >= 15 is 0 Å². The minimum absolute atomic E-state index is 0.0994. The van der Waals surface area contributed by atoms with Crippen LogP contribution in [0.5, 0.6) is 0 Å². The summed E-state index contributed by atoms with van der Waals surface area (Å²) in [7, 11) is 0. The van der Waals surface area contributed by atoms with Crippen LogP contribution in [0.2, 0.25) is 0 Å². The number of aliphatic hydroxyl groups is 1. The van der Waals surface area contributed by atoms with E-state index < -0.39 is 0 Å². The Morgan fingerprint density at radius 1 is 0.947 bits per heavy atom. The van der Waals surface area contributed by atoms with Gasteiger partial charge in [-0.05, 0) is 104 Å². The minimum Gasteiger partial charge on any atom is -0.393 e. The van der Waals surface area contributed by atoms with Crippen molar-refractivity contribution in [3.05, 3.63) is 11.6 Å². The third kappa shape index (κ3) is 6.63. The zero-order chi connectivity index (χ0) is 27.3. The van der Waals surface area contributed by atoms with E-state index in [0.717, 1.165) is 61.7 Å². The van der Waals surface area contributed by atoms with Crippen molar-refractivity contribution in [3.63, 3.8) is 0 Å². The van der Waals surface area contributed by atoms with Crippen molar-refractivity contribution in [2.45, 2.75) is 163 Å². The van der Waals surface area contributed by atoms with Crippen LogP contribution in [-0.2, 0) is 4.79 Å². The molecule has 0 saturated heterocycles. The van der Waals surface area contributed by atoms with Crippen LogP contribution in [0.4, 0.5) is 0 Å². The lowest BCUT2D eigenvalue weighted by molar-refractivity contribution is -0.120. The Bertz CT molecular complexity index is 799. The Labute approximate surface area is 236 Å². The minimum atomic E-state index is -0.0994. The van der Waals surface area contributed by atoms with Gasteiger partial charge in [0.2, 0.25) is 0 Å². The maximum atomic E-state index is 12.5. The number of rotatable bonds is 14. The first-order chi connectivity index (χ1) is 18.2. The van der Waals surface area contributed by atoms with Crippen LogP contribution >= 0.6 is 0 Å². The lowest BCUT2D eigenvalue weighted by Gasteiger charge is -2.58. The summed E-state index contributed by atoms with van der Waals surface area (Å²) < 4.78 is 0. The summed E-state index contributed by atoms with van der Waals surface area (Å²) in [6.07, 6.45) is 25.7. The molecule has 3 fully saturated rings. The highest BCUT2D eigenvalue weighted by molar-refractivity contribution is 5.78. The molecule has 218 valence electrons. The number of carbonyl (C=O) groups excluding carboxylic acids is 1. The van der Waals surface area contributed by atoms with Crippen molar-refractivity contribution in [1.82, 2.24) is 0 Å². The second kappa shape index (κ2) is 13.4. The second-order valence-corrected chi connectivity index (χ2v) is 15.2. The van der Waals surface area contributed by atoms with Gasteiger partial charge >= 0.3 is 0 Å². The van der Waals surface area contributed by atoms with Crippen LogP contribution in [0.15, 0.2) is 11.6 Å². The Hall–Kier alpha value is -0.630. The first-order valence-corrected chi connectivity index (χ1v) is 17.1. The maximum Gasteiger partial charge on any atom is 0.133 e. The predicted octanol–water partition coefficient (Wildman–Crippen LogP) is 10.1. The van der Waals surface area contributed by atoms with Crippen molar-refractivity contribution in [1.29, 1.82) is 0 Å². The number of ketones is 1. The highest BCUT2D eigenvalue weighted by Gasteiger charge is 2.59. The standard InChI is InChI=1S/C36H62O2/c1-6-7-8-9-10-11-15-29(37)24-26(2)13-12-14-27(3)32-18-19-33-31-17-16-28-25-30(38)20-22-35(28,4)34(31)21-23-36(32,33)5/h16,26-27,30-34,38H,6-15,17-25H2,1-5H3/t26?,27-,30+,31+,32-,33+,34+,35+,36-/m1/s1. The fourth-order valence-electron chi connectivity index (χ4n) is 10.3. The highest BCUT2D eigenvalue weighted by Crippen LogP contribution is 2.67. The van der Waals surface area contributed by atoms with E-state index in [-0.39, 0.29) is 6.10 Å². The molecular weight excluding hydrogens is 464 g/mol. The molecule has 0 radical (unpaired) electrons. The monoisotopic (exact) mass is 526 g/mol. The fourth-order valence-corrected chi connectivity index (χ4v) is 10.3. The lowest BCUT2D eigenvalue weighted by atomic mass is 9.47. The quantitative estimate of drug-likeness (QED) is 0.180. The van der Waals surface area contributed by atoms with Crippen LogP contribution in [0.25, 0.3) is 0 Å². The van der Waals surface area contributed by atoms with Gasteiger partial charge in [-0.15, -0.1) is 0 Å². The van der Waals surface area contributed by atoms with Gasteiger partial charge in [0.25, 0.3) is 0 Å². The molecule has 0 aliphatic heterocycles. The number of Topliss-reactive ketones (excluding diaryl/α,β-unsaturated/α-hetero) is 1. The molecule has 4 aliphatic rings. The summed E-state index contributed by atoms with van der Waals surface area (Å²) in [4.78, 5) is 12.5. The van der Waals surface area contributed by atoms with Crippen LogP contribution in [0, 0.1) is 46.3 Å². The summed E-state index contributed by atoms with van der Waals surface area (Å²) in [5, 5.41) is 10.3. The topological polar surface area (TPSA) is 37.3 Å². The van der Waals surface area contributed by atoms with Gasteiger partial charge in [0.15, 0.2) is 0 Å². The number of unbranched alkanes of at least 4 members (excludes halogenated alkanes) is 5. The van der Waals surface area contributed by atoms with Crippen LogP contribution in [0.1, 0.15) is 157 Å². The van der Waals surface area contributed by atoms with Crippen LogP contribution in [-0.4, -0.2) is 17.0 Å². The zero-order valence-corrected chi connectivity index (χ0v) is 25.9. The van der Waals surface area contributed by atoms with E-state index in [4.69, 9.17) is 0 Å². The number of aliphatic hydroxyl groups excluding tert-OH is 1. The molecular formula is C36H62O2. The molecule has 38 heavy (non-hydrogen) atoms. The van der Waals surface area contributed by atoms with E-state index in [2.05, 4.69) is 40.7 Å². The van der Waals surface area contributed by atoms with Gasteiger partial charge in [-0.1, -0.05) is 97.6 Å². The molecule has 2 nitrogen and oxygen atoms in total. The normalized spacial score (nSPS) is 38.1. The first kappa shape index (κ1) is 30.3. The molecule has 1 N–H and O–H groups in total. The molecule has 4 aliphatic carbocycles. The third-order valence-corrected chi connectivity index (χ3v) is 12.6. The van der Waals surface area contributed by atoms with Gasteiger partial charge in [-0.2, -0.15) is 0 Å². The molecule has 0 heterocycles. The first-order valence-electron chi connectivity index (χ1n) is 17.1. The third-order valence-electron chi connectivity index (χ3n) is 12.6. The molecule has 0 spiro atoms. The van der Waals surface area contributed by atoms with Crippen molar-refractivity contribution < 1.29 is 9.90 Å². The summed E-state index contributed by atoms with van der Waals surface area (Å²) in [5.41, 5.74) is 2.48. The average Bonchev–Trinajstić information content (AvgIpc) is 3.24. The zero-order valence-electron chi connectivity index (χ0n) is 25.9. The molecule has 9 atom stereocenters. The Morgan fingerprint density at radius 3 is 2.50 bits per heavy atom. The van der Waals surface area contributed by atoms with E-state index in [1.54, 1.807) is 5.57 Å². The highest BCUT2D eigenvalue weighted by atomic mass is 16.3. The van der Waals surface area contributed by atoms with E-state index in [1.807, 2.05) is 0 Å². The number of allylic oxidation sites excluding steroid dienone is 1. The molecule has 0 aromatic rings. The van der Waals surface area contributed by atoms with E-state index in [0.29, 0.717) is 22.5 Å². The molecule has 4 rings (SSSR count). The fraction of sp³-hybridized carbons (Fsp3) is 0.917. The summed E-state index contributed by atoms with van der Waals surface area (Å²) in [6, 6.07) is 0.